The monoisotopic (exact) mass is 451 g/mol. The molecule has 0 spiro atoms. The van der Waals surface area contributed by atoms with E-state index < -0.39 is 11.1 Å². The molecule has 3 heterocycles. The molecule has 0 saturated heterocycles. The van der Waals surface area contributed by atoms with Crippen LogP contribution < -0.4 is 5.73 Å². The van der Waals surface area contributed by atoms with E-state index in [9.17, 15) is 10.2 Å². The highest BCUT2D eigenvalue weighted by Crippen LogP contribution is 2.47. The molecule has 0 unspecified atom stereocenters. The van der Waals surface area contributed by atoms with E-state index in [0.29, 0.717) is 40.8 Å². The number of hydrogen-bond acceptors (Lipinski definition) is 6. The normalized spacial score (nSPS) is 22.2. The number of aromatic nitrogens is 4. The van der Waals surface area contributed by atoms with Gasteiger partial charge in [0.15, 0.2) is 11.3 Å². The first kappa shape index (κ1) is 20.8. The fourth-order valence-corrected chi connectivity index (χ4v) is 5.28. The lowest BCUT2D eigenvalue weighted by Crippen LogP contribution is -2.58. The summed E-state index contributed by atoms with van der Waals surface area (Å²) in [6.45, 7) is 3.71. The molecule has 7 nitrogen and oxygen atoms in total. The molecule has 4 N–H and O–H groups in total. The molecule has 0 aliphatic heterocycles. The molecule has 7 heteroatoms. The Bertz CT molecular complexity index is 1550. The Balaban J connectivity index is 1.57. The molecule has 0 amide bonds. The highest BCUT2D eigenvalue weighted by molar-refractivity contribution is 5.97. The lowest BCUT2D eigenvalue weighted by Gasteiger charge is -2.49. The van der Waals surface area contributed by atoms with Crippen LogP contribution in [0.2, 0.25) is 0 Å². The molecule has 1 fully saturated rings. The second-order valence-corrected chi connectivity index (χ2v) is 9.69. The van der Waals surface area contributed by atoms with Gasteiger partial charge in [-0.25, -0.2) is 9.97 Å². The van der Waals surface area contributed by atoms with E-state index in [1.807, 2.05) is 74.5 Å². The molecule has 1 saturated carbocycles. The predicted octanol–water partition coefficient (Wildman–Crippen LogP) is 4.32. The minimum atomic E-state index is -0.721. The van der Waals surface area contributed by atoms with Gasteiger partial charge in [-0.2, -0.15) is 9.61 Å². The summed E-state index contributed by atoms with van der Waals surface area (Å²) in [6, 6.07) is 19.5. The Hall–Kier alpha value is -3.81. The van der Waals surface area contributed by atoms with Gasteiger partial charge in [-0.05, 0) is 37.8 Å². The highest BCUT2D eigenvalue weighted by atomic mass is 16.3. The van der Waals surface area contributed by atoms with Crippen molar-refractivity contribution in [1.82, 2.24) is 19.6 Å². The molecule has 3 aromatic heterocycles. The van der Waals surface area contributed by atoms with Gasteiger partial charge < -0.3 is 15.9 Å². The molecule has 0 bridgehead atoms. The standard InChI is InChI=1S/C27H25N5O2/c1-16-12-21-29-13-20-24(33)22(17-6-4-3-5-7-17)23(30-25(20)32(21)31-16)18-8-10-19(11-9-18)27(28)14-26(2,34)15-27/h3-13,34H,14-15,28H2,1-2H3,(H,30,33)/t26-,27-. The molecular formula is C27H25N5O2. The van der Waals surface area contributed by atoms with Gasteiger partial charge in [0.25, 0.3) is 0 Å². The summed E-state index contributed by atoms with van der Waals surface area (Å²) in [5, 5.41) is 26.7. The van der Waals surface area contributed by atoms with Crippen molar-refractivity contribution in [2.75, 3.05) is 0 Å². The predicted molar refractivity (Wildman–Crippen MR) is 131 cm³/mol. The molecule has 34 heavy (non-hydrogen) atoms. The van der Waals surface area contributed by atoms with Crippen LogP contribution in [0.15, 0.2) is 66.9 Å². The van der Waals surface area contributed by atoms with Crippen LogP contribution in [-0.2, 0) is 5.54 Å². The van der Waals surface area contributed by atoms with Crippen molar-refractivity contribution in [3.63, 3.8) is 0 Å². The summed E-state index contributed by atoms with van der Waals surface area (Å²) >= 11 is 0. The fraction of sp³-hybridized carbons (Fsp3) is 0.222. The van der Waals surface area contributed by atoms with E-state index in [-0.39, 0.29) is 5.75 Å². The van der Waals surface area contributed by atoms with Gasteiger partial charge in [0.05, 0.1) is 27.9 Å². The van der Waals surface area contributed by atoms with E-state index in [1.165, 1.54) is 0 Å². The number of benzene rings is 2. The minimum absolute atomic E-state index is 0.114. The summed E-state index contributed by atoms with van der Waals surface area (Å²) in [7, 11) is 0. The van der Waals surface area contributed by atoms with Crippen LogP contribution in [0.25, 0.3) is 39.1 Å². The van der Waals surface area contributed by atoms with Crippen molar-refractivity contribution >= 4 is 16.7 Å². The first-order valence-corrected chi connectivity index (χ1v) is 11.3. The topological polar surface area (TPSA) is 110 Å². The van der Waals surface area contributed by atoms with Crippen LogP contribution in [0.5, 0.6) is 5.75 Å². The number of aromatic hydroxyl groups is 1. The van der Waals surface area contributed by atoms with E-state index in [2.05, 4.69) is 10.1 Å². The molecule has 0 atom stereocenters. The maximum atomic E-state index is 11.4. The van der Waals surface area contributed by atoms with E-state index >= 15 is 0 Å². The van der Waals surface area contributed by atoms with Crippen molar-refractivity contribution < 1.29 is 10.2 Å². The van der Waals surface area contributed by atoms with Crippen molar-refractivity contribution in [3.05, 3.63) is 78.1 Å². The van der Waals surface area contributed by atoms with Crippen molar-refractivity contribution in [1.29, 1.82) is 0 Å². The Morgan fingerprint density at radius 2 is 1.71 bits per heavy atom. The van der Waals surface area contributed by atoms with Crippen molar-refractivity contribution in [2.24, 2.45) is 5.73 Å². The minimum Gasteiger partial charge on any atom is -0.506 e. The molecule has 1 aliphatic carbocycles. The zero-order valence-electron chi connectivity index (χ0n) is 19.0. The summed E-state index contributed by atoms with van der Waals surface area (Å²) in [5.74, 6) is 0.114. The maximum absolute atomic E-state index is 11.4. The number of aliphatic hydroxyl groups is 1. The van der Waals surface area contributed by atoms with Gasteiger partial charge in [-0.1, -0.05) is 54.6 Å². The third-order valence-corrected chi connectivity index (χ3v) is 6.71. The summed E-state index contributed by atoms with van der Waals surface area (Å²) in [4.78, 5) is 9.46. The van der Waals surface area contributed by atoms with Crippen LogP contribution in [0.4, 0.5) is 0 Å². The smallest absolute Gasteiger partial charge is 0.169 e. The van der Waals surface area contributed by atoms with Crippen LogP contribution in [0, 0.1) is 6.92 Å². The summed E-state index contributed by atoms with van der Waals surface area (Å²) in [5.41, 5.74) is 11.3. The average molecular weight is 452 g/mol. The SMILES string of the molecule is Cc1cc2ncc3c(O)c(-c4ccccc4)c(-c4ccc([C@]5(N)C[C@](C)(O)C5)cc4)nc3n2n1. The van der Waals surface area contributed by atoms with E-state index in [4.69, 9.17) is 10.7 Å². The van der Waals surface area contributed by atoms with Crippen LogP contribution in [0.1, 0.15) is 31.0 Å². The quantitative estimate of drug-likeness (QED) is 0.377. The lowest BCUT2D eigenvalue weighted by molar-refractivity contribution is -0.0738. The largest absolute Gasteiger partial charge is 0.506 e. The van der Waals surface area contributed by atoms with Crippen molar-refractivity contribution in [2.45, 2.75) is 37.8 Å². The molecule has 1 aliphatic rings. The second kappa shape index (κ2) is 7.09. The highest BCUT2D eigenvalue weighted by Gasteiger charge is 2.49. The van der Waals surface area contributed by atoms with Gasteiger partial charge in [-0.15, -0.1) is 0 Å². The Labute approximate surface area is 196 Å². The maximum Gasteiger partial charge on any atom is 0.169 e. The lowest BCUT2D eigenvalue weighted by atomic mass is 9.63. The van der Waals surface area contributed by atoms with Crippen LogP contribution in [0.3, 0.4) is 0 Å². The average Bonchev–Trinajstić information content (AvgIpc) is 3.19. The number of aryl methyl sites for hydroxylation is 1. The number of hydrogen-bond donors (Lipinski definition) is 3. The third kappa shape index (κ3) is 3.16. The Kier molecular flexibility index (Phi) is 4.33. The van der Waals surface area contributed by atoms with Crippen molar-refractivity contribution in [3.8, 4) is 28.1 Å². The number of fused-ring (bicyclic) bond motifs is 3. The fourth-order valence-electron chi connectivity index (χ4n) is 5.28. The van der Waals surface area contributed by atoms with Crippen LogP contribution in [-0.4, -0.2) is 35.4 Å². The van der Waals surface area contributed by atoms with Gasteiger partial charge in [-0.3, -0.25) is 0 Å². The number of nitrogens with two attached hydrogens (primary N) is 1. The first-order valence-electron chi connectivity index (χ1n) is 11.3. The summed E-state index contributed by atoms with van der Waals surface area (Å²) < 4.78 is 1.67. The third-order valence-electron chi connectivity index (χ3n) is 6.71. The van der Waals surface area contributed by atoms with Gasteiger partial charge in [0.2, 0.25) is 0 Å². The number of rotatable bonds is 3. The molecule has 0 radical (unpaired) electrons. The molecular weight excluding hydrogens is 426 g/mol. The Morgan fingerprint density at radius 3 is 2.38 bits per heavy atom. The second-order valence-electron chi connectivity index (χ2n) is 9.69. The summed E-state index contributed by atoms with van der Waals surface area (Å²) in [6.07, 6.45) is 2.69. The van der Waals surface area contributed by atoms with Crippen LogP contribution >= 0.6 is 0 Å². The van der Waals surface area contributed by atoms with E-state index in [0.717, 1.165) is 22.4 Å². The van der Waals surface area contributed by atoms with E-state index in [1.54, 1.807) is 10.7 Å². The van der Waals surface area contributed by atoms with Gasteiger partial charge in [0, 0.05) is 23.4 Å². The number of nitrogens with zero attached hydrogens (tertiary/aromatic N) is 4. The molecule has 5 aromatic rings. The molecule has 170 valence electrons. The zero-order chi connectivity index (χ0) is 23.7. The molecule has 6 rings (SSSR count). The zero-order valence-corrected chi connectivity index (χ0v) is 19.0. The van der Waals surface area contributed by atoms with Gasteiger partial charge in [0.1, 0.15) is 5.75 Å². The first-order chi connectivity index (χ1) is 16.2. The van der Waals surface area contributed by atoms with Gasteiger partial charge >= 0.3 is 0 Å². The Morgan fingerprint density at radius 1 is 1.00 bits per heavy atom. The molecule has 2 aromatic carbocycles. The number of pyridine rings is 1.